The Balaban J connectivity index is 1.43. The number of hydrazone groups is 1. The lowest BCUT2D eigenvalue weighted by Gasteiger charge is -2.13. The normalized spacial score (nSPS) is 13.3. The summed E-state index contributed by atoms with van der Waals surface area (Å²) in [6, 6.07) is 12.2. The second-order valence-electron chi connectivity index (χ2n) is 8.51. The van der Waals surface area contributed by atoms with Crippen LogP contribution in [0.25, 0.3) is 15.9 Å². The first-order valence-corrected chi connectivity index (χ1v) is 14.0. The van der Waals surface area contributed by atoms with Crippen molar-refractivity contribution in [2.45, 2.75) is 37.8 Å². The Morgan fingerprint density at radius 1 is 1.25 bits per heavy atom. The van der Waals surface area contributed by atoms with E-state index in [1.165, 1.54) is 28.9 Å². The summed E-state index contributed by atoms with van der Waals surface area (Å²) in [4.78, 5) is 33.0. The molecular formula is C26H22BrFN4O2S2. The average molecular weight is 586 g/mol. The molecule has 1 N–H and O–H groups in total. The van der Waals surface area contributed by atoms with E-state index in [-0.39, 0.29) is 22.8 Å². The van der Waals surface area contributed by atoms with Crippen molar-refractivity contribution < 1.29 is 9.18 Å². The standard InChI is InChI=1S/C26H22BrFN4O2S2/c1-15-6-9-18(10-7-15)32-25(34)23-19-4-2-3-5-21(19)36-24(23)30-26(32)35-14-22(33)31-29-13-16-12-17(27)8-11-20(16)28/h6-13H,2-5,14H2,1H3,(H,31,33)/b29-13+. The molecule has 1 amide bonds. The zero-order valence-electron chi connectivity index (χ0n) is 19.4. The lowest BCUT2D eigenvalue weighted by atomic mass is 9.97. The molecule has 2 aromatic heterocycles. The summed E-state index contributed by atoms with van der Waals surface area (Å²) in [5, 5.41) is 5.02. The number of benzene rings is 2. The van der Waals surface area contributed by atoms with Crippen LogP contribution in [-0.2, 0) is 17.6 Å². The predicted molar refractivity (Wildman–Crippen MR) is 147 cm³/mol. The van der Waals surface area contributed by atoms with Crippen LogP contribution in [0.2, 0.25) is 0 Å². The summed E-state index contributed by atoms with van der Waals surface area (Å²) in [6.45, 7) is 1.99. The van der Waals surface area contributed by atoms with Gasteiger partial charge in [-0.3, -0.25) is 14.2 Å². The molecule has 0 fully saturated rings. The summed E-state index contributed by atoms with van der Waals surface area (Å²) in [5.74, 6) is -0.835. The molecule has 2 aromatic carbocycles. The molecule has 0 atom stereocenters. The average Bonchev–Trinajstić information content (AvgIpc) is 3.24. The Morgan fingerprint density at radius 2 is 2.03 bits per heavy atom. The zero-order valence-corrected chi connectivity index (χ0v) is 22.6. The summed E-state index contributed by atoms with van der Waals surface area (Å²) in [6.07, 6.45) is 5.32. The quantitative estimate of drug-likeness (QED) is 0.135. The molecule has 6 nitrogen and oxygen atoms in total. The number of nitrogens with one attached hydrogen (secondary N) is 1. The van der Waals surface area contributed by atoms with E-state index in [2.05, 4.69) is 26.5 Å². The highest BCUT2D eigenvalue weighted by atomic mass is 79.9. The number of thioether (sulfide) groups is 1. The smallest absolute Gasteiger partial charge is 0.267 e. The van der Waals surface area contributed by atoms with Crippen molar-refractivity contribution in [2.75, 3.05) is 5.75 Å². The highest BCUT2D eigenvalue weighted by molar-refractivity contribution is 9.10. The first kappa shape index (κ1) is 24.9. The molecule has 0 saturated carbocycles. The molecule has 0 saturated heterocycles. The van der Waals surface area contributed by atoms with E-state index >= 15 is 0 Å². The number of fused-ring (bicyclic) bond motifs is 3. The van der Waals surface area contributed by atoms with Crippen molar-refractivity contribution in [3.63, 3.8) is 0 Å². The highest BCUT2D eigenvalue weighted by Crippen LogP contribution is 2.35. The molecule has 0 bridgehead atoms. The van der Waals surface area contributed by atoms with Gasteiger partial charge in [0.15, 0.2) is 5.16 Å². The number of carbonyl (C=O) groups is 1. The molecule has 0 unspecified atom stereocenters. The van der Waals surface area contributed by atoms with Crippen molar-refractivity contribution in [2.24, 2.45) is 5.10 Å². The van der Waals surface area contributed by atoms with Gasteiger partial charge in [0, 0.05) is 14.9 Å². The number of rotatable bonds is 6. The molecule has 1 aliphatic rings. The first-order valence-electron chi connectivity index (χ1n) is 11.4. The number of amides is 1. The van der Waals surface area contributed by atoms with Gasteiger partial charge in [0.1, 0.15) is 10.6 Å². The first-order chi connectivity index (χ1) is 17.4. The van der Waals surface area contributed by atoms with Crippen molar-refractivity contribution in [3.05, 3.63) is 84.7 Å². The van der Waals surface area contributed by atoms with Gasteiger partial charge in [-0.25, -0.2) is 14.8 Å². The minimum atomic E-state index is -0.441. The molecule has 1 aliphatic carbocycles. The predicted octanol–water partition coefficient (Wildman–Crippen LogP) is 5.78. The summed E-state index contributed by atoms with van der Waals surface area (Å²) >= 11 is 6.04. The number of aryl methyl sites for hydroxylation is 3. The molecule has 10 heteroatoms. The number of aromatic nitrogens is 2. The number of thiophene rings is 1. The van der Waals surface area contributed by atoms with Crippen molar-refractivity contribution in [3.8, 4) is 5.69 Å². The van der Waals surface area contributed by atoms with Crippen LogP contribution in [-0.4, -0.2) is 27.4 Å². The van der Waals surface area contributed by atoms with Crippen molar-refractivity contribution in [1.82, 2.24) is 15.0 Å². The van der Waals surface area contributed by atoms with Gasteiger partial charge in [-0.1, -0.05) is 45.4 Å². The summed E-state index contributed by atoms with van der Waals surface area (Å²) in [5.41, 5.74) is 5.49. The van der Waals surface area contributed by atoms with E-state index in [0.29, 0.717) is 20.7 Å². The van der Waals surface area contributed by atoms with Crippen LogP contribution in [0, 0.1) is 12.7 Å². The number of hydrogen-bond acceptors (Lipinski definition) is 6. The Bertz CT molecular complexity index is 1550. The third-order valence-corrected chi connectivity index (χ3v) is 8.55. The monoisotopic (exact) mass is 584 g/mol. The van der Waals surface area contributed by atoms with E-state index in [1.54, 1.807) is 28.0 Å². The maximum Gasteiger partial charge on any atom is 0.267 e. The van der Waals surface area contributed by atoms with Crippen LogP contribution in [0.5, 0.6) is 0 Å². The van der Waals surface area contributed by atoms with Gasteiger partial charge in [-0.2, -0.15) is 5.10 Å². The molecule has 0 spiro atoms. The second-order valence-corrected chi connectivity index (χ2v) is 11.5. The van der Waals surface area contributed by atoms with Gasteiger partial charge in [0.2, 0.25) is 0 Å². The maximum atomic E-state index is 13.9. The topological polar surface area (TPSA) is 76.3 Å². The van der Waals surface area contributed by atoms with Crippen LogP contribution in [0.4, 0.5) is 4.39 Å². The van der Waals surface area contributed by atoms with Gasteiger partial charge in [-0.15, -0.1) is 11.3 Å². The third-order valence-electron chi connectivity index (χ3n) is 5.93. The Hall–Kier alpha value is -2.82. The molecule has 2 heterocycles. The van der Waals surface area contributed by atoms with Gasteiger partial charge < -0.3 is 0 Å². The number of carbonyl (C=O) groups excluding carboxylic acids is 1. The van der Waals surface area contributed by atoms with Gasteiger partial charge in [0.05, 0.1) is 23.0 Å². The Kier molecular flexibility index (Phi) is 7.36. The van der Waals surface area contributed by atoms with Gasteiger partial charge in [-0.05, 0) is 68.5 Å². The van der Waals surface area contributed by atoms with Crippen LogP contribution < -0.4 is 11.0 Å². The molecule has 184 valence electrons. The molecule has 0 aliphatic heterocycles. The fraction of sp³-hybridized carbons (Fsp3) is 0.231. The largest absolute Gasteiger partial charge is 0.272 e. The lowest BCUT2D eigenvalue weighted by Crippen LogP contribution is -2.24. The lowest BCUT2D eigenvalue weighted by molar-refractivity contribution is -0.118. The highest BCUT2D eigenvalue weighted by Gasteiger charge is 2.23. The van der Waals surface area contributed by atoms with Crippen LogP contribution in [0.1, 0.15) is 34.4 Å². The maximum absolute atomic E-state index is 13.9. The molecule has 5 rings (SSSR count). The Morgan fingerprint density at radius 3 is 2.83 bits per heavy atom. The van der Waals surface area contributed by atoms with E-state index in [9.17, 15) is 14.0 Å². The SMILES string of the molecule is Cc1ccc(-n2c(SCC(=O)N/N=C/c3cc(Br)ccc3F)nc3sc4c(c3c2=O)CCCC4)cc1. The van der Waals surface area contributed by atoms with Crippen molar-refractivity contribution in [1.29, 1.82) is 0 Å². The second kappa shape index (κ2) is 10.7. The molecule has 36 heavy (non-hydrogen) atoms. The Labute approximate surface area is 223 Å². The molecule has 4 aromatic rings. The van der Waals surface area contributed by atoms with E-state index < -0.39 is 5.82 Å². The van der Waals surface area contributed by atoms with Crippen LogP contribution in [0.15, 0.2) is 62.0 Å². The minimum absolute atomic E-state index is 0.00674. The molecule has 0 radical (unpaired) electrons. The number of hydrogen-bond donors (Lipinski definition) is 1. The van der Waals surface area contributed by atoms with Gasteiger partial charge >= 0.3 is 0 Å². The van der Waals surface area contributed by atoms with E-state index in [4.69, 9.17) is 4.98 Å². The van der Waals surface area contributed by atoms with Crippen LogP contribution >= 0.6 is 39.0 Å². The third kappa shape index (κ3) is 5.16. The fourth-order valence-corrected chi connectivity index (χ4v) is 6.64. The van der Waals surface area contributed by atoms with Crippen LogP contribution in [0.3, 0.4) is 0 Å². The minimum Gasteiger partial charge on any atom is -0.272 e. The van der Waals surface area contributed by atoms with Gasteiger partial charge in [0.25, 0.3) is 11.5 Å². The number of halogens is 2. The van der Waals surface area contributed by atoms with E-state index in [1.807, 2.05) is 31.2 Å². The van der Waals surface area contributed by atoms with Crippen molar-refractivity contribution >= 4 is 61.4 Å². The van der Waals surface area contributed by atoms with E-state index in [0.717, 1.165) is 41.6 Å². The zero-order chi connectivity index (χ0) is 25.2. The molecular weight excluding hydrogens is 563 g/mol. The summed E-state index contributed by atoms with van der Waals surface area (Å²) in [7, 11) is 0. The fourth-order valence-electron chi connectivity index (χ4n) is 4.15. The number of nitrogens with zero attached hydrogens (tertiary/aromatic N) is 3. The summed E-state index contributed by atoms with van der Waals surface area (Å²) < 4.78 is 16.2.